The lowest BCUT2D eigenvalue weighted by atomic mass is 10.2. The lowest BCUT2D eigenvalue weighted by Gasteiger charge is -1.93. The van der Waals surface area contributed by atoms with Crippen LogP contribution in [-0.4, -0.2) is 35.2 Å². The molecule has 2 heterocycles. The molecule has 0 saturated carbocycles. The van der Waals surface area contributed by atoms with Crippen LogP contribution in [-0.2, 0) is 63.2 Å². The van der Waals surface area contributed by atoms with Crippen molar-refractivity contribution in [2.45, 2.75) is 41.5 Å². The van der Waals surface area contributed by atoms with Crippen molar-refractivity contribution in [1.82, 2.24) is 0 Å². The number of benzene rings is 3. The Bertz CT molecular complexity index is 1740. The van der Waals surface area contributed by atoms with Gasteiger partial charge in [0, 0.05) is 79.9 Å². The number of ether oxygens (including phenoxy) is 1. The van der Waals surface area contributed by atoms with Crippen molar-refractivity contribution < 1.29 is 29.3 Å². The quantitative estimate of drug-likeness (QED) is 0.134. The molecule has 0 atom stereocenters. The highest BCUT2D eigenvalue weighted by Gasteiger charge is 2.17. The normalized spacial score (nSPS) is 8.58. The highest BCUT2D eigenvalue weighted by Crippen LogP contribution is 2.36. The fourth-order valence-electron chi connectivity index (χ4n) is 3.12. The first kappa shape index (κ1) is 54.5. The van der Waals surface area contributed by atoms with Crippen LogP contribution in [0.4, 0.5) is 0 Å². The number of rotatable bonds is 4. The Balaban J connectivity index is -0.000000277. The minimum atomic E-state index is -0.966. The average Bonchev–Trinajstić information content (AvgIpc) is 3.68. The lowest BCUT2D eigenvalue weighted by molar-refractivity contribution is -0.131. The van der Waals surface area contributed by atoms with Gasteiger partial charge < -0.3 is 14.9 Å². The van der Waals surface area contributed by atoms with Crippen molar-refractivity contribution >= 4 is 157 Å². The molecule has 0 spiro atoms. The van der Waals surface area contributed by atoms with Crippen LogP contribution >= 0.6 is 59.4 Å². The first-order chi connectivity index (χ1) is 23.6. The van der Waals surface area contributed by atoms with E-state index in [1.807, 2.05) is 120 Å². The second-order valence-corrected chi connectivity index (χ2v) is 12.1. The van der Waals surface area contributed by atoms with Crippen molar-refractivity contribution in [3.8, 4) is 0 Å². The fraction of sp³-hybridized carbons (Fsp3) is 0.206. The number of esters is 1. The predicted molar refractivity (Wildman–Crippen MR) is 236 cm³/mol. The molecule has 0 unspecified atom stereocenters. The summed E-state index contributed by atoms with van der Waals surface area (Å²) in [7, 11) is 2.27. The van der Waals surface area contributed by atoms with Crippen molar-refractivity contribution in [3.63, 3.8) is 0 Å². The summed E-state index contributed by atoms with van der Waals surface area (Å²) in [6, 6.07) is 24.3. The van der Waals surface area contributed by atoms with Crippen LogP contribution in [0.5, 0.6) is 0 Å². The van der Waals surface area contributed by atoms with E-state index in [1.165, 1.54) is 29.8 Å². The number of aromatic carboxylic acids is 1. The van der Waals surface area contributed by atoms with E-state index in [-0.39, 0.29) is 24.3 Å². The number of halogens is 2. The first-order valence-corrected chi connectivity index (χ1v) is 20.7. The Morgan fingerprint density at radius 3 is 1.42 bits per heavy atom. The maximum atomic E-state index is 11.3. The van der Waals surface area contributed by atoms with Gasteiger partial charge in [-0.15, -0.1) is 22.7 Å². The summed E-state index contributed by atoms with van der Waals surface area (Å²) in [5.41, 5.74) is 0.898. The molecule has 0 aliphatic carbocycles. The van der Waals surface area contributed by atoms with Crippen LogP contribution < -0.4 is 0 Å². The van der Waals surface area contributed by atoms with Gasteiger partial charge in [-0.05, 0) is 23.8 Å². The molecule has 0 aliphatic heterocycles. The average molecular weight is 872 g/mol. The van der Waals surface area contributed by atoms with Gasteiger partial charge in [0.1, 0.15) is 9.75 Å². The molecule has 3 aromatic carbocycles. The number of methoxy groups -OCH3 is 1. The molecule has 0 amide bonds. The number of carbonyl (C=O) groups excluding carboxylic acids is 1. The summed E-state index contributed by atoms with van der Waals surface area (Å²) in [6.07, 6.45) is 2.68. The SMILES string of the molecule is CC.CC.CC.COC(=O)c1sc2ccccc2c1Cl.O=C(O)/C=C/c1ccccc1.O=C(O)c1sc2ccccc2c1Cl.S.S=S.S=S=S. The number of carboxylic acids is 2. The summed E-state index contributed by atoms with van der Waals surface area (Å²) in [5, 5.41) is 19.6. The van der Waals surface area contributed by atoms with Crippen molar-refractivity contribution in [2.75, 3.05) is 7.11 Å². The van der Waals surface area contributed by atoms with E-state index in [0.717, 1.165) is 40.7 Å². The van der Waals surface area contributed by atoms with Crippen LogP contribution in [0.15, 0.2) is 84.9 Å². The summed E-state index contributed by atoms with van der Waals surface area (Å²) in [4.78, 5) is 32.8. The third-order valence-corrected chi connectivity index (χ3v) is 8.17. The molecule has 0 aliphatic rings. The third-order valence-electron chi connectivity index (χ3n) is 4.85. The van der Waals surface area contributed by atoms with Crippen molar-refractivity contribution in [1.29, 1.82) is 0 Å². The topological polar surface area (TPSA) is 101 Å². The molecule has 0 radical (unpaired) electrons. The number of thiophene rings is 2. The number of carbonyl (C=O) groups is 3. The molecular weight excluding hydrogens is 832 g/mol. The molecule has 0 saturated heterocycles. The Kier molecular flexibility index (Phi) is 38.4. The standard InChI is InChI=1S/C10H7ClO2S.C9H5ClO2S.C9H8O2.3C2H6.S3.S2.H2S/c1-13-10(12)9-8(11)6-4-2-3-5-7(6)14-9;10-7-5-3-1-2-4-6(5)13-8(7)9(11)12;10-9(11)7-6-8-4-2-1-3-5-8;3*1-2;1-3-2;1-2;/h2-5H,1H3;1-4H,(H,11,12);1-7H,(H,10,11);3*1-2H3;;;1H2/b;;7-6+;;;;;;. The molecule has 0 bridgehead atoms. The number of fused-ring (bicyclic) bond motifs is 2. The van der Waals surface area contributed by atoms with Crippen LogP contribution in [0.1, 0.15) is 66.4 Å². The zero-order valence-corrected chi connectivity index (χ0v) is 36.5. The van der Waals surface area contributed by atoms with E-state index >= 15 is 0 Å². The van der Waals surface area contributed by atoms with Gasteiger partial charge in [-0.1, -0.05) is 131 Å². The second-order valence-electron chi connectivity index (χ2n) is 7.43. The largest absolute Gasteiger partial charge is 0.478 e. The summed E-state index contributed by atoms with van der Waals surface area (Å²) < 4.78 is 6.54. The Morgan fingerprint density at radius 2 is 1.06 bits per heavy atom. The summed E-state index contributed by atoms with van der Waals surface area (Å²) in [6.45, 7) is 12.0. The zero-order valence-electron chi connectivity index (χ0n) is 28.3. The predicted octanol–water partition coefficient (Wildman–Crippen LogP) is 11.6. The molecule has 0 fully saturated rings. The second kappa shape index (κ2) is 35.2. The summed E-state index contributed by atoms with van der Waals surface area (Å²) >= 11 is 30.1. The van der Waals surface area contributed by atoms with Gasteiger partial charge in [0.15, 0.2) is 0 Å². The molecular formula is C34H40Cl2O6S8. The van der Waals surface area contributed by atoms with E-state index in [2.05, 4.69) is 49.5 Å². The molecule has 6 nitrogen and oxygen atoms in total. The molecule has 50 heavy (non-hydrogen) atoms. The summed E-state index contributed by atoms with van der Waals surface area (Å²) in [5.74, 6) is -2.27. The van der Waals surface area contributed by atoms with E-state index in [4.69, 9.17) is 33.4 Å². The number of hydrogen-bond donors (Lipinski definition) is 2. The lowest BCUT2D eigenvalue weighted by Crippen LogP contribution is -1.97. The van der Waals surface area contributed by atoms with E-state index in [0.29, 0.717) is 14.9 Å². The van der Waals surface area contributed by atoms with Gasteiger partial charge in [-0.3, -0.25) is 0 Å². The molecule has 2 N–H and O–H groups in total. The van der Waals surface area contributed by atoms with Crippen LogP contribution in [0.2, 0.25) is 10.0 Å². The van der Waals surface area contributed by atoms with E-state index in [1.54, 1.807) is 6.08 Å². The highest BCUT2D eigenvalue weighted by atomic mass is 35.5. The third kappa shape index (κ3) is 20.6. The highest BCUT2D eigenvalue weighted by molar-refractivity contribution is 8.37. The Labute approximate surface area is 342 Å². The van der Waals surface area contributed by atoms with Gasteiger partial charge in [0.05, 0.1) is 17.2 Å². The minimum absolute atomic E-state index is 0. The maximum Gasteiger partial charge on any atom is 0.349 e. The smallest absolute Gasteiger partial charge is 0.349 e. The van der Waals surface area contributed by atoms with Gasteiger partial charge in [0.2, 0.25) is 0 Å². The number of hydrogen-bond acceptors (Lipinski definition) is 10. The maximum absolute atomic E-state index is 11.3. The van der Waals surface area contributed by atoms with Gasteiger partial charge in [-0.2, -0.15) is 13.5 Å². The Morgan fingerprint density at radius 1 is 0.700 bits per heavy atom. The number of aliphatic carboxylic acids is 1. The van der Waals surface area contributed by atoms with Crippen molar-refractivity contribution in [3.05, 3.63) is 110 Å². The van der Waals surface area contributed by atoms with Gasteiger partial charge in [-0.25, -0.2) is 14.4 Å². The Hall–Kier alpha value is -2.24. The van der Waals surface area contributed by atoms with Crippen LogP contribution in [0.3, 0.4) is 0 Å². The van der Waals surface area contributed by atoms with E-state index < -0.39 is 11.9 Å². The number of carboxylic acid groups (broad SMARTS) is 2. The molecule has 5 aromatic rings. The van der Waals surface area contributed by atoms with Gasteiger partial charge in [0.25, 0.3) is 0 Å². The van der Waals surface area contributed by atoms with Crippen LogP contribution in [0.25, 0.3) is 26.2 Å². The molecule has 5 rings (SSSR count). The molecule has 16 heteroatoms. The van der Waals surface area contributed by atoms with Crippen LogP contribution in [0, 0.1) is 0 Å². The first-order valence-electron chi connectivity index (χ1n) is 14.3. The fourth-order valence-corrected chi connectivity index (χ4v) is 5.90. The van der Waals surface area contributed by atoms with Gasteiger partial charge >= 0.3 is 17.9 Å². The van der Waals surface area contributed by atoms with Crippen molar-refractivity contribution in [2.24, 2.45) is 0 Å². The molecule has 2 aromatic heterocycles. The monoisotopic (exact) mass is 870 g/mol. The van der Waals surface area contributed by atoms with E-state index in [9.17, 15) is 14.4 Å². The molecule has 274 valence electrons. The zero-order chi connectivity index (χ0) is 38.4. The minimum Gasteiger partial charge on any atom is -0.478 e.